The predicted molar refractivity (Wildman–Crippen MR) is 126 cm³/mol. The van der Waals surface area contributed by atoms with Crippen molar-refractivity contribution in [3.63, 3.8) is 0 Å². The first-order valence-electron chi connectivity index (χ1n) is 11.2. The summed E-state index contributed by atoms with van der Waals surface area (Å²) in [6.07, 6.45) is 0. The van der Waals surface area contributed by atoms with Gasteiger partial charge in [0, 0.05) is 37.3 Å². The van der Waals surface area contributed by atoms with Gasteiger partial charge in [-0.3, -0.25) is 9.80 Å². The van der Waals surface area contributed by atoms with Crippen molar-refractivity contribution < 1.29 is 0 Å². The molecule has 0 N–H and O–H groups in total. The van der Waals surface area contributed by atoms with Crippen molar-refractivity contribution in [2.45, 2.75) is 120 Å². The van der Waals surface area contributed by atoms with Crippen molar-refractivity contribution >= 4 is 0 Å². The van der Waals surface area contributed by atoms with Crippen LogP contribution in [0, 0.1) is 10.8 Å². The topological polar surface area (TPSA) is 6.48 Å². The van der Waals surface area contributed by atoms with Crippen LogP contribution in [0.5, 0.6) is 0 Å². The van der Waals surface area contributed by atoms with Gasteiger partial charge in [-0.1, -0.05) is 65.8 Å². The molecule has 0 heterocycles. The van der Waals surface area contributed by atoms with Gasteiger partial charge in [-0.05, 0) is 63.5 Å². The van der Waals surface area contributed by atoms with E-state index in [1.54, 1.807) is 0 Å². The van der Waals surface area contributed by atoms with Crippen LogP contribution >= 0.6 is 0 Å². The van der Waals surface area contributed by atoms with Gasteiger partial charge in [0.05, 0.1) is 0 Å². The van der Waals surface area contributed by atoms with Crippen LogP contribution in [0.25, 0.3) is 0 Å². The van der Waals surface area contributed by atoms with E-state index < -0.39 is 0 Å². The fourth-order valence-corrected chi connectivity index (χ4v) is 3.78. The van der Waals surface area contributed by atoms with Crippen molar-refractivity contribution in [2.75, 3.05) is 0 Å². The minimum atomic E-state index is 0.276. The lowest BCUT2D eigenvalue weighted by Gasteiger charge is -2.41. The highest BCUT2D eigenvalue weighted by Crippen LogP contribution is 2.29. The summed E-state index contributed by atoms with van der Waals surface area (Å²) < 4.78 is 0. The molecule has 0 amide bonds. The SMILES string of the molecule is CC(C)N(Cc1cccc(CN(C(C)C)C(C)C(C)(C)C)c1)C(C)C(C)(C)C. The molecule has 0 radical (unpaired) electrons. The maximum Gasteiger partial charge on any atom is 0.0239 e. The smallest absolute Gasteiger partial charge is 0.0239 e. The van der Waals surface area contributed by atoms with Gasteiger partial charge in [0.2, 0.25) is 0 Å². The first-order chi connectivity index (χ1) is 12.6. The Morgan fingerprint density at radius 3 is 1.21 bits per heavy atom. The third-order valence-corrected chi connectivity index (χ3v) is 6.55. The second-order valence-electron chi connectivity index (χ2n) is 11.4. The molecule has 0 spiro atoms. The standard InChI is InChI=1S/C26H48N2/c1-19(2)27(21(5)25(7,8)9)17-23-14-13-15-24(16-23)18-28(20(3)4)22(6)26(10,11)12/h13-16,19-22H,17-18H2,1-12H3. The summed E-state index contributed by atoms with van der Waals surface area (Å²) >= 11 is 0. The van der Waals surface area contributed by atoms with Crippen LogP contribution in [0.2, 0.25) is 0 Å². The first-order valence-corrected chi connectivity index (χ1v) is 11.2. The molecule has 0 saturated heterocycles. The summed E-state index contributed by atoms with van der Waals surface area (Å²) in [5, 5.41) is 0. The highest BCUT2D eigenvalue weighted by molar-refractivity contribution is 5.24. The maximum absolute atomic E-state index is 2.64. The molecule has 1 rings (SSSR count). The number of nitrogens with zero attached hydrogens (tertiary/aromatic N) is 2. The van der Waals surface area contributed by atoms with Crippen LogP contribution in [0.1, 0.15) is 94.2 Å². The third kappa shape index (κ3) is 7.19. The zero-order valence-electron chi connectivity index (χ0n) is 20.9. The summed E-state index contributed by atoms with van der Waals surface area (Å²) in [6, 6.07) is 11.4. The summed E-state index contributed by atoms with van der Waals surface area (Å²) in [5.74, 6) is 0. The molecule has 0 aliphatic heterocycles. The molecule has 0 bridgehead atoms. The third-order valence-electron chi connectivity index (χ3n) is 6.55. The lowest BCUT2D eigenvalue weighted by molar-refractivity contribution is 0.0738. The molecule has 2 nitrogen and oxygen atoms in total. The van der Waals surface area contributed by atoms with Crippen molar-refractivity contribution in [3.8, 4) is 0 Å². The Labute approximate surface area is 176 Å². The van der Waals surface area contributed by atoms with Crippen LogP contribution < -0.4 is 0 Å². The molecule has 0 aliphatic carbocycles. The van der Waals surface area contributed by atoms with E-state index >= 15 is 0 Å². The molecule has 1 aromatic carbocycles. The van der Waals surface area contributed by atoms with Gasteiger partial charge in [-0.25, -0.2) is 0 Å². The Kier molecular flexibility index (Phi) is 8.78. The molecule has 0 fully saturated rings. The highest BCUT2D eigenvalue weighted by Gasteiger charge is 2.29. The van der Waals surface area contributed by atoms with E-state index in [4.69, 9.17) is 0 Å². The fourth-order valence-electron chi connectivity index (χ4n) is 3.78. The monoisotopic (exact) mass is 388 g/mol. The minimum absolute atomic E-state index is 0.276. The molecule has 2 heteroatoms. The fraction of sp³-hybridized carbons (Fsp3) is 0.769. The Balaban J connectivity index is 3.04. The van der Waals surface area contributed by atoms with Gasteiger partial charge < -0.3 is 0 Å². The average molecular weight is 389 g/mol. The Morgan fingerprint density at radius 1 is 0.643 bits per heavy atom. The Hall–Kier alpha value is -0.860. The Morgan fingerprint density at radius 2 is 0.964 bits per heavy atom. The van der Waals surface area contributed by atoms with Gasteiger partial charge in [0.1, 0.15) is 0 Å². The number of benzene rings is 1. The largest absolute Gasteiger partial charge is 0.293 e. The van der Waals surface area contributed by atoms with Crippen molar-refractivity contribution in [2.24, 2.45) is 10.8 Å². The van der Waals surface area contributed by atoms with Crippen LogP contribution in [0.15, 0.2) is 24.3 Å². The van der Waals surface area contributed by atoms with Gasteiger partial charge in [0.25, 0.3) is 0 Å². The molecular formula is C26H48N2. The van der Waals surface area contributed by atoms with Crippen LogP contribution in [0.4, 0.5) is 0 Å². The number of hydrogen-bond acceptors (Lipinski definition) is 2. The number of rotatable bonds is 8. The summed E-state index contributed by atoms with van der Waals surface area (Å²) in [4.78, 5) is 5.27. The van der Waals surface area contributed by atoms with Crippen LogP contribution in [-0.2, 0) is 13.1 Å². The average Bonchev–Trinajstić information content (AvgIpc) is 2.54. The highest BCUT2D eigenvalue weighted by atomic mass is 15.2. The number of hydrogen-bond donors (Lipinski definition) is 0. The van der Waals surface area contributed by atoms with Gasteiger partial charge in [0.15, 0.2) is 0 Å². The maximum atomic E-state index is 2.64. The van der Waals surface area contributed by atoms with Gasteiger partial charge in [-0.2, -0.15) is 0 Å². The molecule has 162 valence electrons. The van der Waals surface area contributed by atoms with Crippen molar-refractivity contribution in [1.82, 2.24) is 9.80 Å². The first kappa shape index (κ1) is 25.2. The van der Waals surface area contributed by atoms with E-state index in [-0.39, 0.29) is 10.8 Å². The normalized spacial score (nSPS) is 15.7. The predicted octanol–water partition coefficient (Wildman–Crippen LogP) is 6.98. The minimum Gasteiger partial charge on any atom is -0.293 e. The summed E-state index contributed by atoms with van der Waals surface area (Å²) in [6.45, 7) is 30.1. The zero-order chi connectivity index (χ0) is 21.9. The lowest BCUT2D eigenvalue weighted by atomic mass is 9.85. The molecule has 0 saturated carbocycles. The van der Waals surface area contributed by atoms with E-state index in [9.17, 15) is 0 Å². The van der Waals surface area contributed by atoms with Crippen molar-refractivity contribution in [1.29, 1.82) is 0 Å². The van der Waals surface area contributed by atoms with Crippen LogP contribution in [-0.4, -0.2) is 34.0 Å². The second kappa shape index (κ2) is 9.76. The zero-order valence-corrected chi connectivity index (χ0v) is 20.9. The van der Waals surface area contributed by atoms with E-state index in [1.165, 1.54) is 11.1 Å². The molecule has 2 unspecified atom stereocenters. The summed E-state index contributed by atoms with van der Waals surface area (Å²) in [7, 11) is 0. The molecule has 1 aromatic rings. The van der Waals surface area contributed by atoms with Crippen molar-refractivity contribution in [3.05, 3.63) is 35.4 Å². The quantitative estimate of drug-likeness (QED) is 0.474. The second-order valence-corrected chi connectivity index (χ2v) is 11.4. The van der Waals surface area contributed by atoms with E-state index in [0.717, 1.165) is 13.1 Å². The lowest BCUT2D eigenvalue weighted by Crippen LogP contribution is -2.45. The summed E-state index contributed by atoms with van der Waals surface area (Å²) in [5.41, 5.74) is 3.40. The van der Waals surface area contributed by atoms with Gasteiger partial charge in [-0.15, -0.1) is 0 Å². The molecule has 28 heavy (non-hydrogen) atoms. The molecule has 0 aliphatic rings. The van der Waals surface area contributed by atoms with E-state index in [0.29, 0.717) is 24.2 Å². The van der Waals surface area contributed by atoms with E-state index in [2.05, 4.69) is 117 Å². The Bertz CT molecular complexity index is 540. The molecular weight excluding hydrogens is 340 g/mol. The van der Waals surface area contributed by atoms with Crippen LogP contribution in [0.3, 0.4) is 0 Å². The van der Waals surface area contributed by atoms with Gasteiger partial charge >= 0.3 is 0 Å². The van der Waals surface area contributed by atoms with E-state index in [1.807, 2.05) is 0 Å². The molecule has 2 atom stereocenters. The molecule has 0 aromatic heterocycles.